The second kappa shape index (κ2) is 16.2. The zero-order chi connectivity index (χ0) is 26.3. The van der Waals surface area contributed by atoms with Gasteiger partial charge in [0.2, 0.25) is 0 Å². The van der Waals surface area contributed by atoms with Crippen molar-refractivity contribution in [3.63, 3.8) is 0 Å². The zero-order valence-electron chi connectivity index (χ0n) is 20.9. The van der Waals surface area contributed by atoms with Crippen molar-refractivity contribution in [3.05, 3.63) is 29.8 Å². The number of carboxylic acids is 1. The molecular formula is C25H39F3N2O5. The molecule has 200 valence electrons. The number of benzene rings is 1. The molecule has 2 atom stereocenters. The first-order valence-electron chi connectivity index (χ1n) is 12.2. The van der Waals surface area contributed by atoms with E-state index in [1.807, 2.05) is 13.8 Å². The summed E-state index contributed by atoms with van der Waals surface area (Å²) in [6, 6.07) is 6.83. The highest BCUT2D eigenvalue weighted by atomic mass is 19.4. The van der Waals surface area contributed by atoms with Gasteiger partial charge in [0.05, 0.1) is 6.54 Å². The molecule has 0 fully saturated rings. The van der Waals surface area contributed by atoms with Crippen LogP contribution in [0.3, 0.4) is 0 Å². The van der Waals surface area contributed by atoms with Gasteiger partial charge in [-0.3, -0.25) is 0 Å². The highest BCUT2D eigenvalue weighted by Gasteiger charge is 2.25. The molecule has 0 spiro atoms. The van der Waals surface area contributed by atoms with Gasteiger partial charge in [-0.1, -0.05) is 31.9 Å². The van der Waals surface area contributed by atoms with Gasteiger partial charge in [-0.2, -0.15) is 13.2 Å². The Labute approximate surface area is 206 Å². The summed E-state index contributed by atoms with van der Waals surface area (Å²) >= 11 is 0. The van der Waals surface area contributed by atoms with Crippen molar-refractivity contribution in [1.29, 1.82) is 0 Å². The van der Waals surface area contributed by atoms with Crippen LogP contribution in [0.5, 0.6) is 5.75 Å². The van der Waals surface area contributed by atoms with Gasteiger partial charge in [0.1, 0.15) is 12.4 Å². The van der Waals surface area contributed by atoms with Gasteiger partial charge in [-0.15, -0.1) is 0 Å². The van der Waals surface area contributed by atoms with Crippen LogP contribution >= 0.6 is 0 Å². The Morgan fingerprint density at radius 3 is 2.29 bits per heavy atom. The van der Waals surface area contributed by atoms with E-state index >= 15 is 0 Å². The normalized spacial score (nSPS) is 13.2. The number of aliphatic carboxylic acids is 1. The number of carboxylic acid groups (broad SMARTS) is 1. The summed E-state index contributed by atoms with van der Waals surface area (Å²) in [6.45, 7) is 6.95. The fourth-order valence-electron chi connectivity index (χ4n) is 3.33. The van der Waals surface area contributed by atoms with Crippen molar-refractivity contribution < 1.29 is 37.3 Å². The van der Waals surface area contributed by atoms with Gasteiger partial charge < -0.3 is 24.8 Å². The number of unbranched alkanes of at least 4 members (excludes halogenated alkanes) is 3. The van der Waals surface area contributed by atoms with Crippen molar-refractivity contribution in [3.8, 4) is 5.75 Å². The van der Waals surface area contributed by atoms with Crippen molar-refractivity contribution in [2.75, 3.05) is 26.3 Å². The lowest BCUT2D eigenvalue weighted by molar-refractivity contribution is -0.150. The smallest absolute Gasteiger partial charge is 0.389 e. The van der Waals surface area contributed by atoms with Crippen LogP contribution in [0.1, 0.15) is 64.9 Å². The summed E-state index contributed by atoms with van der Waals surface area (Å²) in [7, 11) is 0. The average molecular weight is 505 g/mol. The summed E-state index contributed by atoms with van der Waals surface area (Å²) in [4.78, 5) is 25.5. The van der Waals surface area contributed by atoms with Gasteiger partial charge in [0, 0.05) is 32.0 Å². The molecule has 2 N–H and O–H groups in total. The SMILES string of the molecule is CCOC(Cc1ccc(OCCN(CCCCCCC(F)(F)F)C(=O)NC(C)CC)cc1)C(=O)O. The highest BCUT2D eigenvalue weighted by molar-refractivity contribution is 5.74. The fourth-order valence-corrected chi connectivity index (χ4v) is 3.33. The number of urea groups is 1. The maximum Gasteiger partial charge on any atom is 0.389 e. The molecule has 1 aromatic carbocycles. The standard InChI is InChI=1S/C25H39F3N2O5/c1-4-19(3)29-24(33)30(15-9-7-6-8-14-25(26,27)28)16-17-35-21-12-10-20(11-13-21)18-22(23(31)32)34-5-2/h10-13,19,22H,4-9,14-18H2,1-3H3,(H,29,33)(H,31,32). The van der Waals surface area contributed by atoms with Crippen LogP contribution in [0.4, 0.5) is 18.0 Å². The molecule has 0 aromatic heterocycles. The zero-order valence-corrected chi connectivity index (χ0v) is 20.9. The van der Waals surface area contributed by atoms with E-state index < -0.39 is 24.7 Å². The topological polar surface area (TPSA) is 88.1 Å². The number of halogens is 3. The largest absolute Gasteiger partial charge is 0.492 e. The lowest BCUT2D eigenvalue weighted by Crippen LogP contribution is -2.45. The molecule has 1 rings (SSSR count). The number of alkyl halides is 3. The second-order valence-corrected chi connectivity index (χ2v) is 8.50. The van der Waals surface area contributed by atoms with Crippen molar-refractivity contribution in [2.45, 2.75) is 84.0 Å². The van der Waals surface area contributed by atoms with E-state index in [4.69, 9.17) is 9.47 Å². The lowest BCUT2D eigenvalue weighted by Gasteiger charge is -2.25. The first kappa shape index (κ1) is 30.5. The quantitative estimate of drug-likeness (QED) is 0.277. The van der Waals surface area contributed by atoms with E-state index in [9.17, 15) is 27.9 Å². The number of carbonyl (C=O) groups is 2. The van der Waals surface area contributed by atoms with Crippen molar-refractivity contribution in [2.24, 2.45) is 0 Å². The predicted molar refractivity (Wildman–Crippen MR) is 128 cm³/mol. The number of hydrogen-bond acceptors (Lipinski definition) is 4. The first-order chi connectivity index (χ1) is 16.6. The molecule has 2 amide bonds. The van der Waals surface area contributed by atoms with Crippen LogP contribution in [0, 0.1) is 0 Å². The van der Waals surface area contributed by atoms with E-state index in [1.165, 1.54) is 0 Å². The summed E-state index contributed by atoms with van der Waals surface area (Å²) < 4.78 is 47.8. The molecule has 0 radical (unpaired) electrons. The van der Waals surface area contributed by atoms with Gasteiger partial charge in [-0.05, 0) is 50.8 Å². The molecule has 0 bridgehead atoms. The molecule has 0 aliphatic carbocycles. The average Bonchev–Trinajstić information content (AvgIpc) is 2.79. The first-order valence-corrected chi connectivity index (χ1v) is 12.2. The third-order valence-electron chi connectivity index (χ3n) is 5.53. The molecule has 0 heterocycles. The summed E-state index contributed by atoms with van der Waals surface area (Å²) in [5, 5.41) is 12.1. The van der Waals surface area contributed by atoms with Gasteiger partial charge >= 0.3 is 18.2 Å². The third kappa shape index (κ3) is 13.9. The highest BCUT2D eigenvalue weighted by Crippen LogP contribution is 2.23. The lowest BCUT2D eigenvalue weighted by atomic mass is 10.1. The number of hydrogen-bond donors (Lipinski definition) is 2. The molecule has 2 unspecified atom stereocenters. The van der Waals surface area contributed by atoms with Crippen LogP contribution in [-0.2, 0) is 16.0 Å². The van der Waals surface area contributed by atoms with E-state index in [2.05, 4.69) is 5.32 Å². The number of ether oxygens (including phenoxy) is 2. The van der Waals surface area contributed by atoms with Crippen LogP contribution in [0.2, 0.25) is 0 Å². The van der Waals surface area contributed by atoms with E-state index in [1.54, 1.807) is 36.1 Å². The minimum absolute atomic E-state index is 0.0107. The summed E-state index contributed by atoms with van der Waals surface area (Å²) in [5.74, 6) is -0.422. The fraction of sp³-hybridized carbons (Fsp3) is 0.680. The Morgan fingerprint density at radius 2 is 1.71 bits per heavy atom. The number of rotatable bonds is 17. The number of amides is 2. The Bertz CT molecular complexity index is 744. The maximum absolute atomic E-state index is 12.6. The Morgan fingerprint density at radius 1 is 1.06 bits per heavy atom. The van der Waals surface area contributed by atoms with Crippen molar-refractivity contribution in [1.82, 2.24) is 10.2 Å². The molecule has 0 aliphatic rings. The molecule has 7 nitrogen and oxygen atoms in total. The summed E-state index contributed by atoms with van der Waals surface area (Å²) in [6.07, 6.45) is -2.98. The predicted octanol–water partition coefficient (Wildman–Crippen LogP) is 5.42. The van der Waals surface area contributed by atoms with Crippen LogP contribution in [-0.4, -0.2) is 66.6 Å². The van der Waals surface area contributed by atoms with E-state index in [0.29, 0.717) is 44.7 Å². The molecule has 0 saturated carbocycles. The van der Waals surface area contributed by atoms with E-state index in [0.717, 1.165) is 12.0 Å². The number of nitrogens with one attached hydrogen (secondary N) is 1. The van der Waals surface area contributed by atoms with Crippen LogP contribution < -0.4 is 10.1 Å². The minimum atomic E-state index is -4.13. The molecule has 0 saturated heterocycles. The minimum Gasteiger partial charge on any atom is -0.492 e. The van der Waals surface area contributed by atoms with Gasteiger partial charge in [0.15, 0.2) is 6.10 Å². The maximum atomic E-state index is 12.6. The Balaban J connectivity index is 2.54. The van der Waals surface area contributed by atoms with E-state index in [-0.39, 0.29) is 31.5 Å². The Hall–Kier alpha value is -2.49. The molecular weight excluding hydrogens is 465 g/mol. The van der Waals surface area contributed by atoms with Crippen molar-refractivity contribution >= 4 is 12.0 Å². The molecule has 10 heteroatoms. The number of nitrogens with zero attached hydrogens (tertiary/aromatic N) is 1. The molecule has 0 aliphatic heterocycles. The van der Waals surface area contributed by atoms with Crippen LogP contribution in [0.15, 0.2) is 24.3 Å². The third-order valence-corrected chi connectivity index (χ3v) is 5.53. The monoisotopic (exact) mass is 504 g/mol. The number of carbonyl (C=O) groups excluding carboxylic acids is 1. The molecule has 35 heavy (non-hydrogen) atoms. The van der Waals surface area contributed by atoms with Gasteiger partial charge in [-0.25, -0.2) is 9.59 Å². The van der Waals surface area contributed by atoms with Gasteiger partial charge in [0.25, 0.3) is 0 Å². The Kier molecular flexibility index (Phi) is 14.2. The molecule has 1 aromatic rings. The summed E-state index contributed by atoms with van der Waals surface area (Å²) in [5.41, 5.74) is 0.804. The van der Waals surface area contributed by atoms with Crippen LogP contribution in [0.25, 0.3) is 0 Å². The second-order valence-electron chi connectivity index (χ2n) is 8.50.